The Labute approximate surface area is 105 Å². The molecule has 16 heavy (non-hydrogen) atoms. The first-order valence-electron chi connectivity index (χ1n) is 6.56. The maximum Gasteiger partial charge on any atom is 0.222 e. The van der Waals surface area contributed by atoms with E-state index in [0.29, 0.717) is 5.91 Å². The third kappa shape index (κ3) is 3.41. The van der Waals surface area contributed by atoms with E-state index < -0.39 is 0 Å². The van der Waals surface area contributed by atoms with Gasteiger partial charge < -0.3 is 4.90 Å². The molecule has 0 aromatic heterocycles. The van der Waals surface area contributed by atoms with Crippen molar-refractivity contribution in [1.29, 1.82) is 0 Å². The zero-order chi connectivity index (χ0) is 12.0. The first kappa shape index (κ1) is 13.9. The molecule has 0 atom stereocenters. The Balaban J connectivity index is 2.64. The third-order valence-corrected chi connectivity index (χ3v) is 4.70. The molecule has 0 aliphatic carbocycles. The minimum absolute atomic E-state index is 0.225. The maximum absolute atomic E-state index is 11.9. The summed E-state index contributed by atoms with van der Waals surface area (Å²) in [5.41, 5.74) is 0.225. The van der Waals surface area contributed by atoms with E-state index in [9.17, 15) is 4.79 Å². The van der Waals surface area contributed by atoms with Gasteiger partial charge in [0, 0.05) is 19.5 Å². The molecule has 3 heteroatoms. The molecule has 1 rings (SSSR count). The van der Waals surface area contributed by atoms with Gasteiger partial charge in [0.25, 0.3) is 0 Å². The quantitative estimate of drug-likeness (QED) is 0.736. The lowest BCUT2D eigenvalue weighted by Gasteiger charge is -2.35. The van der Waals surface area contributed by atoms with E-state index in [1.165, 1.54) is 12.8 Å². The van der Waals surface area contributed by atoms with Gasteiger partial charge in [-0.25, -0.2) is 0 Å². The first-order valence-corrected chi connectivity index (χ1v) is 7.19. The standard InChI is InChI=1S/C13H25NOS/c1-3-13(4-2,11-16)10-14-9-7-5-6-8-12(14)15/h16H,3-11H2,1-2H3. The molecule has 94 valence electrons. The van der Waals surface area contributed by atoms with Gasteiger partial charge >= 0.3 is 0 Å². The number of nitrogens with zero attached hydrogens (tertiary/aromatic N) is 1. The van der Waals surface area contributed by atoms with E-state index in [2.05, 4.69) is 31.4 Å². The van der Waals surface area contributed by atoms with Crippen LogP contribution in [0.5, 0.6) is 0 Å². The number of carbonyl (C=O) groups excluding carboxylic acids is 1. The van der Waals surface area contributed by atoms with Crippen molar-refractivity contribution in [3.05, 3.63) is 0 Å². The molecular weight excluding hydrogens is 218 g/mol. The number of hydrogen-bond acceptors (Lipinski definition) is 2. The molecule has 0 aromatic carbocycles. The maximum atomic E-state index is 11.9. The topological polar surface area (TPSA) is 20.3 Å². The zero-order valence-electron chi connectivity index (χ0n) is 10.7. The van der Waals surface area contributed by atoms with Crippen LogP contribution < -0.4 is 0 Å². The van der Waals surface area contributed by atoms with Crippen LogP contribution in [0.1, 0.15) is 52.4 Å². The van der Waals surface area contributed by atoms with Crippen LogP contribution in [-0.2, 0) is 4.79 Å². The van der Waals surface area contributed by atoms with E-state index in [1.54, 1.807) is 0 Å². The summed E-state index contributed by atoms with van der Waals surface area (Å²) in [4.78, 5) is 14.0. The Morgan fingerprint density at radius 3 is 2.50 bits per heavy atom. The summed E-state index contributed by atoms with van der Waals surface area (Å²) < 4.78 is 0. The number of carbonyl (C=O) groups is 1. The highest BCUT2D eigenvalue weighted by Crippen LogP contribution is 2.30. The van der Waals surface area contributed by atoms with Crippen LogP contribution in [0.25, 0.3) is 0 Å². The van der Waals surface area contributed by atoms with Gasteiger partial charge in [-0.05, 0) is 36.9 Å². The van der Waals surface area contributed by atoms with Crippen LogP contribution in [0, 0.1) is 5.41 Å². The summed E-state index contributed by atoms with van der Waals surface area (Å²) in [7, 11) is 0. The molecule has 0 aromatic rings. The van der Waals surface area contributed by atoms with Crippen LogP contribution in [0.2, 0.25) is 0 Å². The predicted octanol–water partition coefficient (Wildman–Crippen LogP) is 3.13. The average molecular weight is 243 g/mol. The van der Waals surface area contributed by atoms with Crippen molar-refractivity contribution in [1.82, 2.24) is 4.90 Å². The van der Waals surface area contributed by atoms with Crippen molar-refractivity contribution in [2.45, 2.75) is 52.4 Å². The highest BCUT2D eigenvalue weighted by molar-refractivity contribution is 7.80. The monoisotopic (exact) mass is 243 g/mol. The molecule has 0 N–H and O–H groups in total. The van der Waals surface area contributed by atoms with Gasteiger partial charge in [0.15, 0.2) is 0 Å². The number of rotatable bonds is 5. The summed E-state index contributed by atoms with van der Waals surface area (Å²) in [6.45, 7) is 6.28. The predicted molar refractivity (Wildman–Crippen MR) is 71.9 cm³/mol. The van der Waals surface area contributed by atoms with Gasteiger partial charge in [-0.3, -0.25) is 4.79 Å². The number of amides is 1. The number of thiol groups is 1. The SMILES string of the molecule is CCC(CC)(CS)CN1CCCCCC1=O. The lowest BCUT2D eigenvalue weighted by molar-refractivity contribution is -0.132. The molecule has 0 bridgehead atoms. The van der Waals surface area contributed by atoms with Crippen LogP contribution in [0.15, 0.2) is 0 Å². The zero-order valence-corrected chi connectivity index (χ0v) is 11.6. The highest BCUT2D eigenvalue weighted by atomic mass is 32.1. The molecule has 1 fully saturated rings. The van der Waals surface area contributed by atoms with Gasteiger partial charge in [-0.1, -0.05) is 20.3 Å². The highest BCUT2D eigenvalue weighted by Gasteiger charge is 2.29. The van der Waals surface area contributed by atoms with Crippen molar-refractivity contribution in [2.24, 2.45) is 5.41 Å². The van der Waals surface area contributed by atoms with E-state index in [0.717, 1.165) is 44.5 Å². The lowest BCUT2D eigenvalue weighted by atomic mass is 9.83. The summed E-state index contributed by atoms with van der Waals surface area (Å²) >= 11 is 4.48. The van der Waals surface area contributed by atoms with Crippen LogP contribution in [0.3, 0.4) is 0 Å². The van der Waals surface area contributed by atoms with Gasteiger partial charge in [-0.15, -0.1) is 0 Å². The number of likely N-dealkylation sites (tertiary alicyclic amines) is 1. The molecule has 1 amide bonds. The van der Waals surface area contributed by atoms with E-state index in [-0.39, 0.29) is 5.41 Å². The van der Waals surface area contributed by atoms with Crippen molar-refractivity contribution >= 4 is 18.5 Å². The van der Waals surface area contributed by atoms with Gasteiger partial charge in [0.2, 0.25) is 5.91 Å². The minimum Gasteiger partial charge on any atom is -0.342 e. The van der Waals surface area contributed by atoms with Crippen molar-refractivity contribution in [2.75, 3.05) is 18.8 Å². The molecule has 1 saturated heterocycles. The Morgan fingerprint density at radius 2 is 1.94 bits per heavy atom. The molecular formula is C13H25NOS. The Hall–Kier alpha value is -0.180. The average Bonchev–Trinajstić information content (AvgIpc) is 2.52. The minimum atomic E-state index is 0.225. The van der Waals surface area contributed by atoms with Crippen LogP contribution in [0.4, 0.5) is 0 Å². The second-order valence-corrected chi connectivity index (χ2v) is 5.31. The molecule has 1 heterocycles. The Morgan fingerprint density at radius 1 is 1.25 bits per heavy atom. The lowest BCUT2D eigenvalue weighted by Crippen LogP contribution is -2.41. The second-order valence-electron chi connectivity index (χ2n) is 4.99. The van der Waals surface area contributed by atoms with E-state index in [4.69, 9.17) is 0 Å². The summed E-state index contributed by atoms with van der Waals surface area (Å²) in [6, 6.07) is 0. The summed E-state index contributed by atoms with van der Waals surface area (Å²) in [6.07, 6.45) is 6.40. The summed E-state index contributed by atoms with van der Waals surface area (Å²) in [5, 5.41) is 0. The van der Waals surface area contributed by atoms with Gasteiger partial charge in [-0.2, -0.15) is 12.6 Å². The first-order chi connectivity index (χ1) is 7.67. The fourth-order valence-corrected chi connectivity index (χ4v) is 2.91. The van der Waals surface area contributed by atoms with Gasteiger partial charge in [0.05, 0.1) is 0 Å². The number of hydrogen-bond donors (Lipinski definition) is 1. The second kappa shape index (κ2) is 6.53. The van der Waals surface area contributed by atoms with Crippen molar-refractivity contribution < 1.29 is 4.79 Å². The Bertz CT molecular complexity index is 218. The van der Waals surface area contributed by atoms with Crippen molar-refractivity contribution in [3.63, 3.8) is 0 Å². The third-order valence-electron chi connectivity index (χ3n) is 4.03. The summed E-state index contributed by atoms with van der Waals surface area (Å²) in [5.74, 6) is 1.23. The molecule has 0 saturated carbocycles. The molecule has 1 aliphatic rings. The molecule has 0 radical (unpaired) electrons. The smallest absolute Gasteiger partial charge is 0.222 e. The van der Waals surface area contributed by atoms with Gasteiger partial charge in [0.1, 0.15) is 0 Å². The van der Waals surface area contributed by atoms with E-state index in [1.807, 2.05) is 0 Å². The van der Waals surface area contributed by atoms with Crippen molar-refractivity contribution in [3.8, 4) is 0 Å². The fourth-order valence-electron chi connectivity index (χ4n) is 2.36. The van der Waals surface area contributed by atoms with Crippen LogP contribution >= 0.6 is 12.6 Å². The Kier molecular flexibility index (Phi) is 5.67. The van der Waals surface area contributed by atoms with E-state index >= 15 is 0 Å². The normalized spacial score (nSPS) is 18.7. The van der Waals surface area contributed by atoms with Crippen LogP contribution in [-0.4, -0.2) is 29.6 Å². The molecule has 0 spiro atoms. The molecule has 0 unspecified atom stereocenters. The molecule has 2 nitrogen and oxygen atoms in total. The molecule has 1 aliphatic heterocycles. The fraction of sp³-hybridized carbons (Fsp3) is 0.923. The largest absolute Gasteiger partial charge is 0.342 e.